The molecule has 0 saturated carbocycles. The molecule has 31 heavy (non-hydrogen) atoms. The molecule has 3 aromatic rings. The minimum absolute atomic E-state index is 0.244. The maximum atomic E-state index is 13.8. The van der Waals surface area contributed by atoms with Crippen LogP contribution in [0.4, 0.5) is 10.1 Å². The molecule has 1 aromatic heterocycles. The first-order chi connectivity index (χ1) is 15.1. The van der Waals surface area contributed by atoms with E-state index in [4.69, 9.17) is 21.7 Å². The number of ether oxygens (including phenoxy) is 2. The van der Waals surface area contributed by atoms with Crippen LogP contribution in [0, 0.1) is 5.82 Å². The highest BCUT2D eigenvalue weighted by atomic mass is 32.1. The van der Waals surface area contributed by atoms with Gasteiger partial charge in [-0.05, 0) is 56.2 Å². The minimum Gasteiger partial charge on any atom is -0.490 e. The van der Waals surface area contributed by atoms with Gasteiger partial charge in [0.05, 0.1) is 31.6 Å². The van der Waals surface area contributed by atoms with Crippen LogP contribution in [0.3, 0.4) is 0 Å². The molecule has 0 radical (unpaired) electrons. The molecule has 0 bridgehead atoms. The summed E-state index contributed by atoms with van der Waals surface area (Å²) in [5.41, 5.74) is 2.45. The van der Waals surface area contributed by atoms with Gasteiger partial charge in [-0.1, -0.05) is 24.3 Å². The smallest absolute Gasteiger partial charge is 0.170 e. The Morgan fingerprint density at radius 2 is 1.87 bits per heavy atom. The van der Waals surface area contributed by atoms with E-state index in [1.165, 1.54) is 6.07 Å². The quantitative estimate of drug-likeness (QED) is 0.454. The summed E-state index contributed by atoms with van der Waals surface area (Å²) >= 11 is 5.37. The third kappa shape index (κ3) is 6.68. The first-order valence-corrected chi connectivity index (χ1v) is 10.7. The van der Waals surface area contributed by atoms with Gasteiger partial charge < -0.3 is 20.1 Å². The van der Waals surface area contributed by atoms with Crippen LogP contribution in [0.5, 0.6) is 11.5 Å². The number of anilines is 1. The van der Waals surface area contributed by atoms with Crippen molar-refractivity contribution < 1.29 is 13.9 Å². The Morgan fingerprint density at radius 3 is 2.65 bits per heavy atom. The van der Waals surface area contributed by atoms with E-state index in [2.05, 4.69) is 15.7 Å². The molecule has 2 N–H and O–H groups in total. The number of nitrogens with zero attached hydrogens (tertiary/aromatic N) is 2. The van der Waals surface area contributed by atoms with E-state index in [1.54, 1.807) is 29.2 Å². The van der Waals surface area contributed by atoms with Crippen molar-refractivity contribution in [3.63, 3.8) is 0 Å². The monoisotopic (exact) mass is 442 g/mol. The highest BCUT2D eigenvalue weighted by Crippen LogP contribution is 2.28. The molecule has 0 aliphatic carbocycles. The summed E-state index contributed by atoms with van der Waals surface area (Å²) in [5, 5.41) is 11.1. The minimum atomic E-state index is -0.244. The maximum Gasteiger partial charge on any atom is 0.170 e. The van der Waals surface area contributed by atoms with Crippen LogP contribution < -0.4 is 20.1 Å². The van der Waals surface area contributed by atoms with E-state index in [0.29, 0.717) is 37.0 Å². The van der Waals surface area contributed by atoms with Crippen LogP contribution in [0.2, 0.25) is 0 Å². The zero-order valence-corrected chi connectivity index (χ0v) is 18.5. The molecule has 3 rings (SSSR count). The number of halogens is 1. The molecular formula is C23H27FN4O2S. The number of aromatic nitrogens is 2. The van der Waals surface area contributed by atoms with Crippen LogP contribution in [-0.4, -0.2) is 34.7 Å². The SMILES string of the molecule is CCOc1ccc(CCNC(=S)Nc2cnn(Cc3ccccc3F)c2)cc1OCC. The van der Waals surface area contributed by atoms with Crippen LogP contribution in [0.1, 0.15) is 25.0 Å². The number of benzene rings is 2. The topological polar surface area (TPSA) is 60.3 Å². The van der Waals surface area contributed by atoms with Crippen molar-refractivity contribution in [1.29, 1.82) is 0 Å². The lowest BCUT2D eigenvalue weighted by molar-refractivity contribution is 0.287. The third-order valence-corrected chi connectivity index (χ3v) is 4.73. The molecule has 8 heteroatoms. The summed E-state index contributed by atoms with van der Waals surface area (Å²) in [4.78, 5) is 0. The summed E-state index contributed by atoms with van der Waals surface area (Å²) in [7, 11) is 0. The first-order valence-electron chi connectivity index (χ1n) is 10.3. The van der Waals surface area contributed by atoms with Crippen molar-refractivity contribution in [2.45, 2.75) is 26.8 Å². The van der Waals surface area contributed by atoms with Crippen molar-refractivity contribution in [2.75, 3.05) is 25.1 Å². The Balaban J connectivity index is 1.48. The van der Waals surface area contributed by atoms with Gasteiger partial charge in [-0.3, -0.25) is 4.68 Å². The predicted molar refractivity (Wildman–Crippen MR) is 124 cm³/mol. The van der Waals surface area contributed by atoms with Gasteiger partial charge in [0.1, 0.15) is 5.82 Å². The second kappa shape index (κ2) is 11.3. The van der Waals surface area contributed by atoms with E-state index < -0.39 is 0 Å². The summed E-state index contributed by atoms with van der Waals surface area (Å²) in [6.07, 6.45) is 4.23. The molecule has 0 aliphatic rings. The highest BCUT2D eigenvalue weighted by molar-refractivity contribution is 7.80. The second-order valence-corrected chi connectivity index (χ2v) is 7.20. The molecule has 6 nitrogen and oxygen atoms in total. The largest absolute Gasteiger partial charge is 0.490 e. The lowest BCUT2D eigenvalue weighted by Gasteiger charge is -2.13. The third-order valence-electron chi connectivity index (χ3n) is 4.49. The highest BCUT2D eigenvalue weighted by Gasteiger charge is 2.07. The Labute approximate surface area is 187 Å². The van der Waals surface area contributed by atoms with Crippen molar-refractivity contribution in [2.24, 2.45) is 0 Å². The summed E-state index contributed by atoms with van der Waals surface area (Å²) in [6.45, 7) is 6.10. The first kappa shape index (κ1) is 22.6. The number of thiocarbonyl (C=S) groups is 1. The van der Waals surface area contributed by atoms with E-state index in [1.807, 2.05) is 38.1 Å². The molecule has 0 saturated heterocycles. The maximum absolute atomic E-state index is 13.8. The average molecular weight is 443 g/mol. The molecule has 0 unspecified atom stereocenters. The Hall–Kier alpha value is -3.13. The summed E-state index contributed by atoms with van der Waals surface area (Å²) in [5.74, 6) is 1.27. The van der Waals surface area contributed by atoms with Crippen molar-refractivity contribution >= 4 is 23.0 Å². The van der Waals surface area contributed by atoms with Crippen molar-refractivity contribution in [1.82, 2.24) is 15.1 Å². The van der Waals surface area contributed by atoms with Gasteiger partial charge in [-0.2, -0.15) is 5.10 Å². The van der Waals surface area contributed by atoms with Gasteiger partial charge in [-0.25, -0.2) is 4.39 Å². The van der Waals surface area contributed by atoms with Gasteiger partial charge in [-0.15, -0.1) is 0 Å². The van der Waals surface area contributed by atoms with Crippen LogP contribution in [0.15, 0.2) is 54.9 Å². The molecule has 1 heterocycles. The van der Waals surface area contributed by atoms with Gasteiger partial charge in [0.2, 0.25) is 0 Å². The number of rotatable bonds is 10. The summed E-state index contributed by atoms with van der Waals surface area (Å²) in [6, 6.07) is 12.6. The molecule has 0 amide bonds. The molecule has 0 fully saturated rings. The lowest BCUT2D eigenvalue weighted by Crippen LogP contribution is -2.30. The van der Waals surface area contributed by atoms with Gasteiger partial charge in [0, 0.05) is 18.3 Å². The zero-order valence-electron chi connectivity index (χ0n) is 17.7. The number of hydrogen-bond donors (Lipinski definition) is 2. The second-order valence-electron chi connectivity index (χ2n) is 6.80. The van der Waals surface area contributed by atoms with E-state index in [-0.39, 0.29) is 5.82 Å². The standard InChI is InChI=1S/C23H27FN4O2S/c1-3-29-21-10-9-17(13-22(21)30-4-2)11-12-25-23(31)27-19-14-26-28(16-19)15-18-7-5-6-8-20(18)24/h5-10,13-14,16H,3-4,11-12,15H2,1-2H3,(H2,25,27,31). The fourth-order valence-corrected chi connectivity index (χ4v) is 3.28. The summed E-state index contributed by atoms with van der Waals surface area (Å²) < 4.78 is 26.7. The van der Waals surface area contributed by atoms with Crippen LogP contribution in [0.25, 0.3) is 0 Å². The van der Waals surface area contributed by atoms with Gasteiger partial charge in [0.15, 0.2) is 16.6 Å². The molecule has 164 valence electrons. The lowest BCUT2D eigenvalue weighted by atomic mass is 10.1. The molecular weight excluding hydrogens is 415 g/mol. The van der Waals surface area contributed by atoms with Crippen molar-refractivity contribution in [3.8, 4) is 11.5 Å². The number of nitrogens with one attached hydrogen (secondary N) is 2. The van der Waals surface area contributed by atoms with Crippen molar-refractivity contribution in [3.05, 3.63) is 71.8 Å². The molecule has 0 aliphatic heterocycles. The fourth-order valence-electron chi connectivity index (χ4n) is 3.06. The van der Waals surface area contributed by atoms with E-state index in [9.17, 15) is 4.39 Å². The van der Waals surface area contributed by atoms with Crippen LogP contribution in [-0.2, 0) is 13.0 Å². The Kier molecular flexibility index (Phi) is 8.23. The predicted octanol–water partition coefficient (Wildman–Crippen LogP) is 4.40. The van der Waals surface area contributed by atoms with Crippen LogP contribution >= 0.6 is 12.2 Å². The van der Waals surface area contributed by atoms with E-state index >= 15 is 0 Å². The van der Waals surface area contributed by atoms with Gasteiger partial charge >= 0.3 is 0 Å². The number of hydrogen-bond acceptors (Lipinski definition) is 4. The molecule has 2 aromatic carbocycles. The zero-order chi connectivity index (χ0) is 22.1. The Bertz CT molecular complexity index is 1010. The normalized spacial score (nSPS) is 10.5. The Morgan fingerprint density at radius 1 is 1.10 bits per heavy atom. The molecule has 0 atom stereocenters. The van der Waals surface area contributed by atoms with Gasteiger partial charge in [0.25, 0.3) is 0 Å². The average Bonchev–Trinajstić information content (AvgIpc) is 3.18. The molecule has 0 spiro atoms. The fraction of sp³-hybridized carbons (Fsp3) is 0.304. The van der Waals surface area contributed by atoms with E-state index in [0.717, 1.165) is 29.2 Å².